The van der Waals surface area contributed by atoms with Gasteiger partial charge < -0.3 is 19.3 Å². The lowest BCUT2D eigenvalue weighted by Crippen LogP contribution is -2.28. The Balaban J connectivity index is 1.83. The van der Waals surface area contributed by atoms with Crippen molar-refractivity contribution in [3.8, 4) is 5.75 Å². The van der Waals surface area contributed by atoms with Crippen LogP contribution in [0.5, 0.6) is 5.75 Å². The predicted octanol–water partition coefficient (Wildman–Crippen LogP) is 2.69. The van der Waals surface area contributed by atoms with E-state index in [9.17, 15) is 13.6 Å². The van der Waals surface area contributed by atoms with Crippen molar-refractivity contribution in [1.29, 1.82) is 0 Å². The molecule has 1 aromatic heterocycles. The summed E-state index contributed by atoms with van der Waals surface area (Å²) in [6.45, 7) is 4.39. The van der Waals surface area contributed by atoms with Gasteiger partial charge in [-0.2, -0.15) is 0 Å². The number of rotatable bonds is 8. The number of halogens is 2. The molecule has 0 aliphatic heterocycles. The third kappa shape index (κ3) is 5.31. The van der Waals surface area contributed by atoms with Crippen molar-refractivity contribution in [3.05, 3.63) is 47.4 Å². The van der Waals surface area contributed by atoms with Crippen molar-refractivity contribution < 1.29 is 27.6 Å². The third-order valence-electron chi connectivity index (χ3n) is 2.89. The third-order valence-corrected chi connectivity index (χ3v) is 2.89. The van der Waals surface area contributed by atoms with E-state index in [1.165, 1.54) is 12.1 Å². The molecule has 2 rings (SSSR count). The molecule has 1 N–H and O–H groups in total. The Labute approximate surface area is 137 Å². The molecule has 6 nitrogen and oxygen atoms in total. The van der Waals surface area contributed by atoms with Crippen LogP contribution in [-0.4, -0.2) is 30.3 Å². The normalized spacial score (nSPS) is 10.9. The smallest absolute Gasteiger partial charge is 0.273 e. The minimum absolute atomic E-state index is 0.0812. The summed E-state index contributed by atoms with van der Waals surface area (Å²) in [7, 11) is 0. The van der Waals surface area contributed by atoms with Crippen LogP contribution >= 0.6 is 0 Å². The van der Waals surface area contributed by atoms with Crippen LogP contribution in [0.4, 0.5) is 8.78 Å². The zero-order valence-electron chi connectivity index (χ0n) is 13.3. The molecule has 0 unspecified atom stereocenters. The lowest BCUT2D eigenvalue weighted by molar-refractivity contribution is 0.0743. The highest BCUT2D eigenvalue weighted by molar-refractivity contribution is 5.92. The number of carbonyl (C=O) groups is 1. The van der Waals surface area contributed by atoms with E-state index in [1.807, 2.05) is 13.8 Å². The number of aromatic nitrogens is 1. The second-order valence-electron chi connectivity index (χ2n) is 5.22. The Bertz CT molecular complexity index is 688. The molecule has 0 fully saturated rings. The molecule has 0 spiro atoms. The van der Waals surface area contributed by atoms with Crippen LogP contribution in [0.2, 0.25) is 0 Å². The van der Waals surface area contributed by atoms with Crippen LogP contribution in [0, 0.1) is 11.6 Å². The quantitative estimate of drug-likeness (QED) is 0.748. The van der Waals surface area contributed by atoms with Gasteiger partial charge in [-0.3, -0.25) is 4.79 Å². The number of nitrogens with one attached hydrogen (secondary N) is 1. The van der Waals surface area contributed by atoms with E-state index in [4.69, 9.17) is 14.0 Å². The van der Waals surface area contributed by atoms with E-state index in [1.54, 1.807) is 0 Å². The van der Waals surface area contributed by atoms with Crippen LogP contribution in [0.1, 0.15) is 30.1 Å². The summed E-state index contributed by atoms with van der Waals surface area (Å²) in [4.78, 5) is 11.8. The molecule has 0 atom stereocenters. The summed E-state index contributed by atoms with van der Waals surface area (Å²) in [5.41, 5.74) is 0.0812. The van der Waals surface area contributed by atoms with Gasteiger partial charge in [-0.15, -0.1) is 0 Å². The lowest BCUT2D eigenvalue weighted by atomic mass is 10.3. The number of amides is 1. The minimum Gasteiger partial charge on any atom is -0.482 e. The van der Waals surface area contributed by atoms with E-state index in [-0.39, 0.29) is 29.9 Å². The van der Waals surface area contributed by atoms with Gasteiger partial charge in [0.25, 0.3) is 5.91 Å². The zero-order chi connectivity index (χ0) is 17.5. The molecule has 0 radical (unpaired) electrons. The van der Waals surface area contributed by atoms with Gasteiger partial charge in [0, 0.05) is 18.7 Å². The SMILES string of the molecule is CC(C)OCCNC(=O)c1cc(COc2ccc(F)cc2F)on1. The van der Waals surface area contributed by atoms with Gasteiger partial charge >= 0.3 is 0 Å². The first-order valence-electron chi connectivity index (χ1n) is 7.39. The maximum atomic E-state index is 13.4. The van der Waals surface area contributed by atoms with Crippen molar-refractivity contribution in [2.24, 2.45) is 0 Å². The Morgan fingerprint density at radius 2 is 2.12 bits per heavy atom. The second-order valence-corrected chi connectivity index (χ2v) is 5.22. The topological polar surface area (TPSA) is 73.6 Å². The zero-order valence-corrected chi connectivity index (χ0v) is 13.3. The monoisotopic (exact) mass is 340 g/mol. The van der Waals surface area contributed by atoms with Gasteiger partial charge in [-0.25, -0.2) is 8.78 Å². The molecule has 24 heavy (non-hydrogen) atoms. The fraction of sp³-hybridized carbons (Fsp3) is 0.375. The fourth-order valence-electron chi connectivity index (χ4n) is 1.78. The molecular weight excluding hydrogens is 322 g/mol. The average molecular weight is 340 g/mol. The van der Waals surface area contributed by atoms with Crippen molar-refractivity contribution in [1.82, 2.24) is 10.5 Å². The molecule has 0 bridgehead atoms. The molecule has 1 heterocycles. The van der Waals surface area contributed by atoms with Gasteiger partial charge in [0.15, 0.2) is 23.0 Å². The second kappa shape index (κ2) is 8.39. The van der Waals surface area contributed by atoms with Crippen LogP contribution in [0.3, 0.4) is 0 Å². The molecule has 0 saturated carbocycles. The summed E-state index contributed by atoms with van der Waals surface area (Å²) in [6.07, 6.45) is 0.0876. The fourth-order valence-corrected chi connectivity index (χ4v) is 1.78. The molecule has 1 aromatic carbocycles. The molecule has 1 amide bonds. The maximum absolute atomic E-state index is 13.4. The molecule has 2 aromatic rings. The lowest BCUT2D eigenvalue weighted by Gasteiger charge is -2.07. The van der Waals surface area contributed by atoms with Crippen LogP contribution in [0.15, 0.2) is 28.8 Å². The molecule has 8 heteroatoms. The standard InChI is InChI=1S/C16H18F2N2O4/c1-10(2)22-6-5-19-16(21)14-8-12(24-20-14)9-23-15-4-3-11(17)7-13(15)18/h3-4,7-8,10H,5-6,9H2,1-2H3,(H,19,21). The Hall–Kier alpha value is -2.48. The van der Waals surface area contributed by atoms with Crippen molar-refractivity contribution in [3.63, 3.8) is 0 Å². The van der Waals surface area contributed by atoms with Crippen molar-refractivity contribution in [2.75, 3.05) is 13.2 Å². The van der Waals surface area contributed by atoms with E-state index < -0.39 is 17.5 Å². The summed E-state index contributed by atoms with van der Waals surface area (Å²) in [5.74, 6) is -1.81. The first-order chi connectivity index (χ1) is 11.5. The van der Waals surface area contributed by atoms with Crippen molar-refractivity contribution in [2.45, 2.75) is 26.6 Å². The number of benzene rings is 1. The van der Waals surface area contributed by atoms with Gasteiger partial charge in [-0.1, -0.05) is 5.16 Å². The Morgan fingerprint density at radius 1 is 1.33 bits per heavy atom. The van der Waals surface area contributed by atoms with Gasteiger partial charge in [0.05, 0.1) is 12.7 Å². The minimum atomic E-state index is -0.822. The number of carbonyl (C=O) groups excluding carboxylic acids is 1. The summed E-state index contributed by atoms with van der Waals surface area (Å²) < 4.78 is 41.6. The van der Waals surface area contributed by atoms with Gasteiger partial charge in [-0.05, 0) is 26.0 Å². The summed E-state index contributed by atoms with van der Waals surface area (Å²) in [6, 6.07) is 4.36. The van der Waals surface area contributed by atoms with E-state index in [2.05, 4.69) is 10.5 Å². The number of hydrogen-bond acceptors (Lipinski definition) is 5. The predicted molar refractivity (Wildman–Crippen MR) is 80.6 cm³/mol. The highest BCUT2D eigenvalue weighted by Crippen LogP contribution is 2.19. The Morgan fingerprint density at radius 3 is 2.83 bits per heavy atom. The van der Waals surface area contributed by atoms with Gasteiger partial charge in [0.2, 0.25) is 0 Å². The molecule has 130 valence electrons. The first-order valence-corrected chi connectivity index (χ1v) is 7.39. The van der Waals surface area contributed by atoms with Crippen LogP contribution in [0.25, 0.3) is 0 Å². The summed E-state index contributed by atoms with van der Waals surface area (Å²) in [5, 5.41) is 6.25. The highest BCUT2D eigenvalue weighted by Gasteiger charge is 2.13. The van der Waals surface area contributed by atoms with E-state index in [0.717, 1.165) is 6.07 Å². The largest absolute Gasteiger partial charge is 0.482 e. The maximum Gasteiger partial charge on any atom is 0.273 e. The van der Waals surface area contributed by atoms with Crippen LogP contribution < -0.4 is 10.1 Å². The first kappa shape index (κ1) is 17.9. The van der Waals surface area contributed by atoms with Crippen molar-refractivity contribution >= 4 is 5.91 Å². The molecular formula is C16H18F2N2O4. The number of hydrogen-bond donors (Lipinski definition) is 1. The molecule has 0 aliphatic carbocycles. The Kier molecular flexibility index (Phi) is 6.25. The number of nitrogens with zero attached hydrogens (tertiary/aromatic N) is 1. The van der Waals surface area contributed by atoms with Gasteiger partial charge in [0.1, 0.15) is 12.4 Å². The molecule has 0 aliphatic rings. The summed E-state index contributed by atoms with van der Waals surface area (Å²) >= 11 is 0. The van der Waals surface area contributed by atoms with Crippen LogP contribution in [-0.2, 0) is 11.3 Å². The van der Waals surface area contributed by atoms with E-state index >= 15 is 0 Å². The average Bonchev–Trinajstić information content (AvgIpc) is 2.99. The highest BCUT2D eigenvalue weighted by atomic mass is 19.1. The van der Waals surface area contributed by atoms with E-state index in [0.29, 0.717) is 19.2 Å². The number of ether oxygens (including phenoxy) is 2. The molecule has 0 saturated heterocycles.